The maximum atomic E-state index is 11.5. The van der Waals surface area contributed by atoms with Crippen LogP contribution in [0, 0.1) is 0 Å². The normalized spacial score (nSPS) is 17.5. The molecule has 1 saturated carbocycles. The Morgan fingerprint density at radius 3 is 2.91 bits per heavy atom. The highest BCUT2D eigenvalue weighted by Crippen LogP contribution is 2.26. The molecular formula is C21H23N9O2S. The third kappa shape index (κ3) is 4.13. The summed E-state index contributed by atoms with van der Waals surface area (Å²) in [4.78, 5) is 36.5. The lowest BCUT2D eigenvalue weighted by Gasteiger charge is -2.03. The van der Waals surface area contributed by atoms with Gasteiger partial charge >= 0.3 is 5.69 Å². The van der Waals surface area contributed by atoms with Crippen LogP contribution in [0.5, 0.6) is 5.88 Å². The fourth-order valence-electron chi connectivity index (χ4n) is 3.97. The summed E-state index contributed by atoms with van der Waals surface area (Å²) in [6, 6.07) is 0.257. The van der Waals surface area contributed by atoms with Crippen LogP contribution in [-0.2, 0) is 19.4 Å². The van der Waals surface area contributed by atoms with Crippen molar-refractivity contribution in [2.45, 2.75) is 57.5 Å². The van der Waals surface area contributed by atoms with Crippen molar-refractivity contribution in [3.05, 3.63) is 48.8 Å². The van der Waals surface area contributed by atoms with E-state index in [1.54, 1.807) is 28.1 Å². The van der Waals surface area contributed by atoms with Crippen molar-refractivity contribution < 1.29 is 5.11 Å². The van der Waals surface area contributed by atoms with Gasteiger partial charge < -0.3 is 15.4 Å². The number of aromatic amines is 2. The number of imidazole rings is 1. The first-order valence-corrected chi connectivity index (χ1v) is 12.0. The average Bonchev–Trinajstić information content (AvgIpc) is 3.35. The van der Waals surface area contributed by atoms with E-state index in [0.717, 1.165) is 30.7 Å². The van der Waals surface area contributed by atoms with Gasteiger partial charge in [0.2, 0.25) is 11.8 Å². The Bertz CT molecular complexity index is 1490. The average molecular weight is 466 g/mol. The maximum Gasteiger partial charge on any atom is 0.326 e. The third-order valence-electron chi connectivity index (χ3n) is 5.80. The highest BCUT2D eigenvalue weighted by atomic mass is 32.1. The van der Waals surface area contributed by atoms with E-state index in [0.29, 0.717) is 29.0 Å². The number of aromatic nitrogens is 7. The minimum atomic E-state index is -0.488. The number of hydrogen-bond acceptors (Lipinski definition) is 9. The fourth-order valence-corrected chi connectivity index (χ4v) is 5.07. The molecule has 0 atom stereocenters. The summed E-state index contributed by atoms with van der Waals surface area (Å²) in [5.41, 5.74) is 2.02. The van der Waals surface area contributed by atoms with E-state index in [4.69, 9.17) is 4.98 Å². The highest BCUT2D eigenvalue weighted by Gasteiger charge is 2.21. The molecule has 0 saturated heterocycles. The van der Waals surface area contributed by atoms with Gasteiger partial charge in [-0.1, -0.05) is 6.42 Å². The number of thiazole rings is 1. The largest absolute Gasteiger partial charge is 0.493 e. The molecule has 0 aromatic carbocycles. The molecule has 0 amide bonds. The van der Waals surface area contributed by atoms with Crippen molar-refractivity contribution in [3.8, 4) is 5.88 Å². The van der Waals surface area contributed by atoms with Crippen LogP contribution < -0.4 is 21.8 Å². The second-order valence-electron chi connectivity index (χ2n) is 8.42. The number of rotatable bonds is 5. The second-order valence-corrected chi connectivity index (χ2v) is 9.59. The first-order chi connectivity index (χ1) is 16.1. The SMILES string of the molecule is O=c1[nH]c(O)c(C=c2cnn3c(=NC4CC4)nc(NCc4nc5c(s4)CCCCC5)nc23)[nH]1. The lowest BCUT2D eigenvalue weighted by atomic mass is 10.2. The van der Waals surface area contributed by atoms with E-state index in [9.17, 15) is 9.90 Å². The zero-order valence-electron chi connectivity index (χ0n) is 17.8. The van der Waals surface area contributed by atoms with Crippen LogP contribution in [0.4, 0.5) is 5.95 Å². The summed E-state index contributed by atoms with van der Waals surface area (Å²) in [5, 5.41) is 19.3. The summed E-state index contributed by atoms with van der Waals surface area (Å²) < 4.78 is 1.59. The van der Waals surface area contributed by atoms with Gasteiger partial charge in [0, 0.05) is 10.1 Å². The number of nitrogens with one attached hydrogen (secondary N) is 3. The van der Waals surface area contributed by atoms with E-state index >= 15 is 0 Å². The highest BCUT2D eigenvalue weighted by molar-refractivity contribution is 7.11. The van der Waals surface area contributed by atoms with E-state index in [2.05, 4.69) is 35.3 Å². The molecule has 6 rings (SSSR count). The number of aryl methyl sites for hydroxylation is 2. The van der Waals surface area contributed by atoms with E-state index < -0.39 is 5.69 Å². The van der Waals surface area contributed by atoms with E-state index in [1.807, 2.05) is 0 Å². The van der Waals surface area contributed by atoms with Crippen LogP contribution in [0.25, 0.3) is 11.7 Å². The zero-order valence-corrected chi connectivity index (χ0v) is 18.7. The number of anilines is 1. The summed E-state index contributed by atoms with van der Waals surface area (Å²) >= 11 is 1.77. The smallest absolute Gasteiger partial charge is 0.326 e. The molecule has 12 heteroatoms. The van der Waals surface area contributed by atoms with Gasteiger partial charge in [-0.2, -0.15) is 19.6 Å². The molecule has 0 aliphatic heterocycles. The van der Waals surface area contributed by atoms with Crippen molar-refractivity contribution in [2.75, 3.05) is 5.32 Å². The molecule has 0 radical (unpaired) electrons. The molecule has 170 valence electrons. The van der Waals surface area contributed by atoms with Gasteiger partial charge in [-0.25, -0.2) is 14.8 Å². The van der Waals surface area contributed by atoms with Crippen molar-refractivity contribution in [3.63, 3.8) is 0 Å². The van der Waals surface area contributed by atoms with Crippen LogP contribution in [0.15, 0.2) is 16.0 Å². The molecule has 2 aliphatic carbocycles. The standard InChI is InChI=1S/C21H23N9O2S/c31-18-14(26-21(32)28-18)8-11-9-23-30-17(11)27-19(29-20(30)24-12-6-7-12)22-10-16-25-13-4-2-1-3-5-15(13)33-16/h8-9,12,31H,1-7,10H2,(H,22,24,29)(H2,26,28,32). The molecule has 4 N–H and O–H groups in total. The van der Waals surface area contributed by atoms with Crippen molar-refractivity contribution >= 4 is 29.0 Å². The quantitative estimate of drug-likeness (QED) is 0.318. The van der Waals surface area contributed by atoms with E-state index in [1.165, 1.54) is 29.8 Å². The molecule has 33 heavy (non-hydrogen) atoms. The predicted octanol–water partition coefficient (Wildman–Crippen LogP) is 0.795. The third-order valence-corrected chi connectivity index (χ3v) is 6.95. The minimum Gasteiger partial charge on any atom is -0.493 e. The number of nitrogens with zero attached hydrogens (tertiary/aromatic N) is 6. The molecule has 0 bridgehead atoms. The first-order valence-electron chi connectivity index (χ1n) is 11.2. The van der Waals surface area contributed by atoms with Gasteiger partial charge in [-0.15, -0.1) is 11.3 Å². The second kappa shape index (κ2) is 8.10. The summed E-state index contributed by atoms with van der Waals surface area (Å²) in [5.74, 6) is 0.201. The van der Waals surface area contributed by atoms with Gasteiger partial charge in [-0.05, 0) is 44.6 Å². The van der Waals surface area contributed by atoms with Crippen LogP contribution in [0.2, 0.25) is 0 Å². The topological polar surface area (TPSA) is 149 Å². The Hall–Kier alpha value is -3.54. The molecule has 1 fully saturated rings. The van der Waals surface area contributed by atoms with Gasteiger partial charge in [-0.3, -0.25) is 4.98 Å². The Morgan fingerprint density at radius 2 is 2.09 bits per heavy atom. The Morgan fingerprint density at radius 1 is 1.21 bits per heavy atom. The Labute approximate surface area is 191 Å². The molecular weight excluding hydrogens is 442 g/mol. The minimum absolute atomic E-state index is 0.238. The Kier molecular flexibility index (Phi) is 4.93. The lowest BCUT2D eigenvalue weighted by Crippen LogP contribution is -2.24. The zero-order chi connectivity index (χ0) is 22.4. The lowest BCUT2D eigenvalue weighted by molar-refractivity contribution is 0.454. The van der Waals surface area contributed by atoms with Crippen molar-refractivity contribution in [1.29, 1.82) is 0 Å². The van der Waals surface area contributed by atoms with Gasteiger partial charge in [0.05, 0.1) is 24.5 Å². The number of fused-ring (bicyclic) bond motifs is 2. The Balaban J connectivity index is 1.37. The number of hydrogen-bond donors (Lipinski definition) is 4. The molecule has 0 spiro atoms. The van der Waals surface area contributed by atoms with Crippen molar-refractivity contribution in [1.82, 2.24) is 34.5 Å². The number of H-pyrrole nitrogens is 2. The molecule has 4 aromatic rings. The van der Waals surface area contributed by atoms with Gasteiger partial charge in [0.25, 0.3) is 5.62 Å². The summed E-state index contributed by atoms with van der Waals surface area (Å²) in [7, 11) is 0. The fraction of sp³-hybridized carbons (Fsp3) is 0.429. The van der Waals surface area contributed by atoms with Crippen LogP contribution >= 0.6 is 11.3 Å². The van der Waals surface area contributed by atoms with Gasteiger partial charge in [0.1, 0.15) is 10.7 Å². The van der Waals surface area contributed by atoms with Gasteiger partial charge in [0.15, 0.2) is 5.65 Å². The van der Waals surface area contributed by atoms with E-state index in [-0.39, 0.29) is 17.6 Å². The summed E-state index contributed by atoms with van der Waals surface area (Å²) in [6.07, 6.45) is 11.2. The maximum absolute atomic E-state index is 11.5. The van der Waals surface area contributed by atoms with Crippen LogP contribution in [0.3, 0.4) is 0 Å². The van der Waals surface area contributed by atoms with Crippen molar-refractivity contribution in [2.24, 2.45) is 4.99 Å². The number of aromatic hydroxyl groups is 1. The van der Waals surface area contributed by atoms with Crippen LogP contribution in [0.1, 0.15) is 53.4 Å². The monoisotopic (exact) mass is 465 g/mol. The first kappa shape index (κ1) is 20.1. The molecule has 11 nitrogen and oxygen atoms in total. The van der Waals surface area contributed by atoms with Crippen LogP contribution in [-0.4, -0.2) is 45.7 Å². The molecule has 2 aliphatic rings. The molecule has 4 aromatic heterocycles. The molecule has 4 heterocycles. The summed E-state index contributed by atoms with van der Waals surface area (Å²) in [6.45, 7) is 0.538. The molecule has 0 unspecified atom stereocenters. The predicted molar refractivity (Wildman–Crippen MR) is 122 cm³/mol.